The van der Waals surface area contributed by atoms with Gasteiger partial charge in [0.1, 0.15) is 5.82 Å². The lowest BCUT2D eigenvalue weighted by atomic mass is 10.0. The normalized spacial score (nSPS) is 13.5. The lowest BCUT2D eigenvalue weighted by molar-refractivity contribution is 0.0990. The molecular formula is C29H23N3O2. The quantitative estimate of drug-likeness (QED) is 0.249. The van der Waals surface area contributed by atoms with Crippen molar-refractivity contribution < 1.29 is 9.59 Å². The van der Waals surface area contributed by atoms with E-state index in [2.05, 4.69) is 24.5 Å². The fourth-order valence-electron chi connectivity index (χ4n) is 4.94. The molecule has 6 rings (SSSR count). The summed E-state index contributed by atoms with van der Waals surface area (Å²) in [6.07, 6.45) is 1.65. The molecule has 34 heavy (non-hydrogen) atoms. The Balaban J connectivity index is 1.56. The molecular weight excluding hydrogens is 422 g/mol. The van der Waals surface area contributed by atoms with Crippen LogP contribution in [0.15, 0.2) is 78.4 Å². The first-order valence-corrected chi connectivity index (χ1v) is 11.4. The van der Waals surface area contributed by atoms with Gasteiger partial charge in [-0.05, 0) is 53.1 Å². The first-order chi connectivity index (χ1) is 16.4. The number of imidazole rings is 1. The molecule has 0 radical (unpaired) electrons. The zero-order chi connectivity index (χ0) is 23.6. The highest BCUT2D eigenvalue weighted by Crippen LogP contribution is 2.33. The van der Waals surface area contributed by atoms with E-state index in [1.54, 1.807) is 6.08 Å². The van der Waals surface area contributed by atoms with Gasteiger partial charge in [-0.15, -0.1) is 0 Å². The van der Waals surface area contributed by atoms with Gasteiger partial charge in [0.05, 0.1) is 11.1 Å². The molecule has 0 fully saturated rings. The van der Waals surface area contributed by atoms with E-state index >= 15 is 0 Å². The van der Waals surface area contributed by atoms with Gasteiger partial charge < -0.3 is 4.57 Å². The van der Waals surface area contributed by atoms with Crippen LogP contribution in [0.5, 0.6) is 0 Å². The summed E-state index contributed by atoms with van der Waals surface area (Å²) in [6.45, 7) is 4.31. The molecule has 0 saturated carbocycles. The summed E-state index contributed by atoms with van der Waals surface area (Å²) in [5.41, 5.74) is 4.94. The molecule has 1 aliphatic carbocycles. The highest BCUT2D eigenvalue weighted by molar-refractivity contribution is 6.42. The molecule has 166 valence electrons. The Morgan fingerprint density at radius 2 is 1.41 bits per heavy atom. The largest absolute Gasteiger partial charge is 0.331 e. The molecule has 0 aliphatic heterocycles. The smallest absolute Gasteiger partial charge is 0.197 e. The van der Waals surface area contributed by atoms with Gasteiger partial charge >= 0.3 is 0 Å². The van der Waals surface area contributed by atoms with Crippen LogP contribution < -0.4 is 0 Å². The molecule has 0 amide bonds. The van der Waals surface area contributed by atoms with Crippen LogP contribution >= 0.6 is 0 Å². The first kappa shape index (κ1) is 20.4. The Bertz CT molecular complexity index is 1610. The second-order valence-electron chi connectivity index (χ2n) is 9.09. The average molecular weight is 446 g/mol. The third-order valence-corrected chi connectivity index (χ3v) is 6.65. The zero-order valence-corrected chi connectivity index (χ0v) is 19.2. The molecule has 5 nitrogen and oxygen atoms in total. The molecule has 0 saturated heterocycles. The summed E-state index contributed by atoms with van der Waals surface area (Å²) in [7, 11) is 2.00. The first-order valence-electron chi connectivity index (χ1n) is 11.4. The number of aromatic nitrogens is 3. The van der Waals surface area contributed by atoms with Crippen LogP contribution in [0.2, 0.25) is 0 Å². The van der Waals surface area contributed by atoms with Gasteiger partial charge in [0.15, 0.2) is 17.2 Å². The van der Waals surface area contributed by atoms with Crippen molar-refractivity contribution in [1.29, 1.82) is 0 Å². The zero-order valence-electron chi connectivity index (χ0n) is 19.2. The molecule has 2 aromatic heterocycles. The van der Waals surface area contributed by atoms with Gasteiger partial charge in [0.2, 0.25) is 0 Å². The SMILES string of the molecule is CC(C)c1cc2c(nc(C=C3C(=O)c4cc5ccccc5cc4C3=O)n2-c2ccccc2)n1C. The highest BCUT2D eigenvalue weighted by Gasteiger charge is 2.34. The predicted octanol–water partition coefficient (Wildman–Crippen LogP) is 6.10. The Morgan fingerprint density at radius 1 is 0.824 bits per heavy atom. The van der Waals surface area contributed by atoms with Crippen molar-refractivity contribution in [3.05, 3.63) is 101 Å². The number of ketones is 2. The molecule has 0 N–H and O–H groups in total. The van der Waals surface area contributed by atoms with Crippen LogP contribution in [0.25, 0.3) is 33.7 Å². The van der Waals surface area contributed by atoms with E-state index < -0.39 is 0 Å². The third kappa shape index (κ3) is 2.90. The van der Waals surface area contributed by atoms with Crippen molar-refractivity contribution in [2.75, 3.05) is 0 Å². The molecule has 3 aromatic carbocycles. The van der Waals surface area contributed by atoms with Crippen molar-refractivity contribution in [2.45, 2.75) is 19.8 Å². The number of Topliss-reactive ketones (excluding diaryl/α,β-unsaturated/α-hetero) is 2. The van der Waals surface area contributed by atoms with Gasteiger partial charge in [-0.3, -0.25) is 14.2 Å². The van der Waals surface area contributed by atoms with Crippen LogP contribution in [0, 0.1) is 0 Å². The predicted molar refractivity (Wildman–Crippen MR) is 135 cm³/mol. The maximum absolute atomic E-state index is 13.3. The average Bonchev–Trinajstić information content (AvgIpc) is 3.44. The lowest BCUT2D eigenvalue weighted by Crippen LogP contribution is -2.04. The summed E-state index contributed by atoms with van der Waals surface area (Å²) < 4.78 is 4.11. The number of nitrogens with zero attached hydrogens (tertiary/aromatic N) is 3. The highest BCUT2D eigenvalue weighted by atomic mass is 16.2. The number of hydrogen-bond acceptors (Lipinski definition) is 3. The summed E-state index contributed by atoms with van der Waals surface area (Å²) in [5, 5.41) is 1.89. The Morgan fingerprint density at radius 3 is 2.00 bits per heavy atom. The van der Waals surface area contributed by atoms with Gasteiger partial charge in [-0.1, -0.05) is 56.3 Å². The minimum absolute atomic E-state index is 0.155. The van der Waals surface area contributed by atoms with E-state index in [0.717, 1.165) is 27.6 Å². The second kappa shape index (κ2) is 7.39. The number of carbonyl (C=O) groups is 2. The number of carbonyl (C=O) groups excluding carboxylic acids is 2. The second-order valence-corrected chi connectivity index (χ2v) is 9.09. The number of para-hydroxylation sites is 1. The van der Waals surface area contributed by atoms with Crippen LogP contribution in [0.1, 0.15) is 52.0 Å². The summed E-state index contributed by atoms with van der Waals surface area (Å²) in [4.78, 5) is 31.6. The topological polar surface area (TPSA) is 56.9 Å². The van der Waals surface area contributed by atoms with Crippen molar-refractivity contribution in [3.63, 3.8) is 0 Å². The third-order valence-electron chi connectivity index (χ3n) is 6.65. The standard InChI is InChI=1S/C29H23N3O2/c1-17(2)24-16-25-29(31(24)3)30-26(32(25)20-11-5-4-6-12-20)15-23-27(33)21-13-18-9-7-8-10-19(18)14-22(21)28(23)34/h4-17H,1-3H3. The molecule has 5 aromatic rings. The van der Waals surface area contributed by atoms with Crippen molar-refractivity contribution in [2.24, 2.45) is 7.05 Å². The Kier molecular flexibility index (Phi) is 4.42. The van der Waals surface area contributed by atoms with E-state index in [1.165, 1.54) is 5.69 Å². The molecule has 0 spiro atoms. The number of benzene rings is 3. The lowest BCUT2D eigenvalue weighted by Gasteiger charge is -2.08. The summed E-state index contributed by atoms with van der Waals surface area (Å²) >= 11 is 0. The number of fused-ring (bicyclic) bond motifs is 3. The van der Waals surface area contributed by atoms with Gasteiger partial charge in [-0.2, -0.15) is 0 Å². The van der Waals surface area contributed by atoms with E-state index in [-0.39, 0.29) is 17.1 Å². The molecule has 1 aliphatic rings. The number of aryl methyl sites for hydroxylation is 1. The number of allylic oxidation sites excluding steroid dienone is 1. The van der Waals surface area contributed by atoms with E-state index in [0.29, 0.717) is 22.9 Å². The van der Waals surface area contributed by atoms with Crippen LogP contribution in [-0.2, 0) is 7.05 Å². The molecule has 0 atom stereocenters. The van der Waals surface area contributed by atoms with Crippen molar-refractivity contribution in [1.82, 2.24) is 14.1 Å². The Hall–Kier alpha value is -4.25. The van der Waals surface area contributed by atoms with Gasteiger partial charge in [0, 0.05) is 29.6 Å². The molecule has 0 bridgehead atoms. The van der Waals surface area contributed by atoms with Crippen LogP contribution in [0.4, 0.5) is 0 Å². The minimum atomic E-state index is -0.250. The number of rotatable bonds is 3. The van der Waals surface area contributed by atoms with Gasteiger partial charge in [-0.25, -0.2) is 4.98 Å². The van der Waals surface area contributed by atoms with E-state index in [9.17, 15) is 9.59 Å². The Labute approximate surface area is 197 Å². The fourth-order valence-corrected chi connectivity index (χ4v) is 4.94. The van der Waals surface area contributed by atoms with Gasteiger partial charge in [0.25, 0.3) is 0 Å². The van der Waals surface area contributed by atoms with Crippen LogP contribution in [-0.4, -0.2) is 25.7 Å². The van der Waals surface area contributed by atoms with Crippen molar-refractivity contribution >= 4 is 39.6 Å². The maximum Gasteiger partial charge on any atom is 0.197 e. The summed E-state index contributed by atoms with van der Waals surface area (Å²) in [6, 6.07) is 23.5. The monoisotopic (exact) mass is 445 g/mol. The fraction of sp³-hybridized carbons (Fsp3) is 0.138. The molecule has 5 heteroatoms. The molecule has 0 unspecified atom stereocenters. The van der Waals surface area contributed by atoms with Crippen molar-refractivity contribution in [3.8, 4) is 5.69 Å². The van der Waals surface area contributed by atoms with E-state index in [1.807, 2.05) is 78.3 Å². The van der Waals surface area contributed by atoms with Crippen LogP contribution in [0.3, 0.4) is 0 Å². The number of hydrogen-bond donors (Lipinski definition) is 0. The van der Waals surface area contributed by atoms with E-state index in [4.69, 9.17) is 4.98 Å². The maximum atomic E-state index is 13.3. The minimum Gasteiger partial charge on any atom is -0.331 e. The summed E-state index contributed by atoms with van der Waals surface area (Å²) in [5.74, 6) is 0.406. The molecule has 2 heterocycles.